The number of hydrogen-bond acceptors (Lipinski definition) is 4. The molecule has 0 aromatic heterocycles. The van der Waals surface area contributed by atoms with Crippen LogP contribution in [-0.4, -0.2) is 54.6 Å². The summed E-state index contributed by atoms with van der Waals surface area (Å²) in [6.07, 6.45) is 1.04. The summed E-state index contributed by atoms with van der Waals surface area (Å²) < 4.78 is 5.11. The molecule has 0 aliphatic carbocycles. The lowest BCUT2D eigenvalue weighted by Gasteiger charge is -2.32. The van der Waals surface area contributed by atoms with E-state index in [0.717, 1.165) is 24.0 Å². The van der Waals surface area contributed by atoms with Crippen LogP contribution in [0.15, 0.2) is 54.6 Å². The third-order valence-corrected chi connectivity index (χ3v) is 5.52. The quantitative estimate of drug-likeness (QED) is 0.698. The fourth-order valence-electron chi connectivity index (χ4n) is 3.75. The number of amides is 3. The SMILES string of the molecule is CC(C)(C)OC(=O)NCC(=O)NCC1CCN(C(=O)c2ccc(-c3ccccc3)cc2)CC1. The van der Waals surface area contributed by atoms with Gasteiger partial charge in [0.15, 0.2) is 0 Å². The molecule has 0 spiro atoms. The molecule has 3 amide bonds. The highest BCUT2D eigenvalue weighted by atomic mass is 16.6. The van der Waals surface area contributed by atoms with Crippen molar-refractivity contribution in [3.63, 3.8) is 0 Å². The van der Waals surface area contributed by atoms with E-state index >= 15 is 0 Å². The first-order chi connectivity index (χ1) is 15.7. The molecule has 0 unspecified atom stereocenters. The monoisotopic (exact) mass is 451 g/mol. The number of benzene rings is 2. The van der Waals surface area contributed by atoms with E-state index < -0.39 is 11.7 Å². The third kappa shape index (κ3) is 7.63. The number of nitrogens with zero attached hydrogens (tertiary/aromatic N) is 1. The van der Waals surface area contributed by atoms with E-state index in [2.05, 4.69) is 10.6 Å². The van der Waals surface area contributed by atoms with E-state index in [4.69, 9.17) is 4.74 Å². The molecule has 1 aliphatic rings. The summed E-state index contributed by atoms with van der Waals surface area (Å²) in [5, 5.41) is 5.31. The van der Waals surface area contributed by atoms with Crippen molar-refractivity contribution in [3.05, 3.63) is 60.2 Å². The molecule has 0 radical (unpaired) electrons. The van der Waals surface area contributed by atoms with Gasteiger partial charge < -0.3 is 20.3 Å². The van der Waals surface area contributed by atoms with Crippen molar-refractivity contribution in [2.24, 2.45) is 5.92 Å². The number of hydrogen-bond donors (Lipinski definition) is 2. The van der Waals surface area contributed by atoms with Crippen molar-refractivity contribution in [1.82, 2.24) is 15.5 Å². The fourth-order valence-corrected chi connectivity index (χ4v) is 3.75. The molecule has 1 fully saturated rings. The number of piperidine rings is 1. The molecule has 0 bridgehead atoms. The summed E-state index contributed by atoms with van der Waals surface area (Å²) in [6.45, 7) is 7.04. The van der Waals surface area contributed by atoms with Crippen molar-refractivity contribution in [2.75, 3.05) is 26.2 Å². The summed E-state index contributed by atoms with van der Waals surface area (Å²) in [5.74, 6) is 0.0940. The molecule has 1 aliphatic heterocycles. The number of likely N-dealkylation sites (tertiary alicyclic amines) is 1. The standard InChI is InChI=1S/C26H33N3O4/c1-26(2,3)33-25(32)28-18-23(30)27-17-19-13-15-29(16-14-19)24(31)22-11-9-21(10-12-22)20-7-5-4-6-8-20/h4-12,19H,13-18H2,1-3H3,(H,27,30)(H,28,32). The zero-order chi connectivity index (χ0) is 23.8. The number of nitrogens with one attached hydrogen (secondary N) is 2. The number of alkyl carbamates (subject to hydrolysis) is 1. The number of ether oxygens (including phenoxy) is 1. The molecule has 0 saturated carbocycles. The summed E-state index contributed by atoms with van der Waals surface area (Å²) >= 11 is 0. The summed E-state index contributed by atoms with van der Waals surface area (Å²) in [4.78, 5) is 38.4. The first-order valence-corrected chi connectivity index (χ1v) is 11.4. The molecule has 1 heterocycles. The number of carbonyl (C=O) groups is 3. The Bertz CT molecular complexity index is 944. The molecule has 7 heteroatoms. The Labute approximate surface area is 195 Å². The normalized spacial score (nSPS) is 14.5. The second-order valence-corrected chi connectivity index (χ2v) is 9.34. The maximum Gasteiger partial charge on any atom is 0.408 e. The van der Waals surface area contributed by atoms with Crippen LogP contribution in [0.5, 0.6) is 0 Å². The molecule has 0 atom stereocenters. The average Bonchev–Trinajstić information content (AvgIpc) is 2.81. The summed E-state index contributed by atoms with van der Waals surface area (Å²) in [7, 11) is 0. The molecule has 176 valence electrons. The lowest BCUT2D eigenvalue weighted by Crippen LogP contribution is -2.44. The lowest BCUT2D eigenvalue weighted by atomic mass is 9.96. The molecule has 7 nitrogen and oxygen atoms in total. The maximum absolute atomic E-state index is 12.9. The molecule has 2 aromatic rings. The number of rotatable bonds is 6. The van der Waals surface area contributed by atoms with Gasteiger partial charge in [-0.15, -0.1) is 0 Å². The van der Waals surface area contributed by atoms with Gasteiger partial charge in [0.2, 0.25) is 5.91 Å². The Morgan fingerprint density at radius 1 is 0.909 bits per heavy atom. The first kappa shape index (κ1) is 24.3. The Kier molecular flexibility index (Phi) is 8.09. The van der Waals surface area contributed by atoms with Crippen molar-refractivity contribution >= 4 is 17.9 Å². The van der Waals surface area contributed by atoms with Crippen LogP contribution in [-0.2, 0) is 9.53 Å². The third-order valence-electron chi connectivity index (χ3n) is 5.52. The minimum absolute atomic E-state index is 0.0404. The molecule has 3 rings (SSSR count). The molecule has 2 aromatic carbocycles. The predicted molar refractivity (Wildman–Crippen MR) is 128 cm³/mol. The molecular weight excluding hydrogens is 418 g/mol. The average molecular weight is 452 g/mol. The Morgan fingerprint density at radius 3 is 2.12 bits per heavy atom. The topological polar surface area (TPSA) is 87.7 Å². The van der Waals surface area contributed by atoms with E-state index in [1.54, 1.807) is 20.8 Å². The largest absolute Gasteiger partial charge is 0.444 e. The van der Waals surface area contributed by atoms with Crippen LogP contribution in [0.3, 0.4) is 0 Å². The van der Waals surface area contributed by atoms with Gasteiger partial charge in [-0.1, -0.05) is 42.5 Å². The van der Waals surface area contributed by atoms with Crippen molar-refractivity contribution in [1.29, 1.82) is 0 Å². The van der Waals surface area contributed by atoms with Gasteiger partial charge in [0.25, 0.3) is 5.91 Å². The smallest absolute Gasteiger partial charge is 0.408 e. The Balaban J connectivity index is 1.39. The second-order valence-electron chi connectivity index (χ2n) is 9.34. The predicted octanol–water partition coefficient (Wildman–Crippen LogP) is 3.85. The van der Waals surface area contributed by atoms with Crippen LogP contribution < -0.4 is 10.6 Å². The zero-order valence-electron chi connectivity index (χ0n) is 19.6. The van der Waals surface area contributed by atoms with Crippen LogP contribution >= 0.6 is 0 Å². The Morgan fingerprint density at radius 2 is 1.52 bits per heavy atom. The van der Waals surface area contributed by atoms with E-state index in [9.17, 15) is 14.4 Å². The van der Waals surface area contributed by atoms with Gasteiger partial charge in [-0.05, 0) is 62.8 Å². The van der Waals surface area contributed by atoms with Gasteiger partial charge in [0.1, 0.15) is 5.60 Å². The maximum atomic E-state index is 12.9. The van der Waals surface area contributed by atoms with Crippen LogP contribution in [0.1, 0.15) is 44.0 Å². The highest BCUT2D eigenvalue weighted by Crippen LogP contribution is 2.22. The van der Waals surface area contributed by atoms with Gasteiger partial charge in [-0.3, -0.25) is 9.59 Å². The van der Waals surface area contributed by atoms with Gasteiger partial charge in [0.05, 0.1) is 6.54 Å². The van der Waals surface area contributed by atoms with Crippen molar-refractivity contribution < 1.29 is 19.1 Å². The molecule has 1 saturated heterocycles. The fraction of sp³-hybridized carbons (Fsp3) is 0.423. The minimum Gasteiger partial charge on any atom is -0.444 e. The van der Waals surface area contributed by atoms with Gasteiger partial charge in [-0.25, -0.2) is 4.79 Å². The van der Waals surface area contributed by atoms with Crippen molar-refractivity contribution in [3.8, 4) is 11.1 Å². The van der Waals surface area contributed by atoms with E-state index in [1.165, 1.54) is 0 Å². The van der Waals surface area contributed by atoms with Gasteiger partial charge in [-0.2, -0.15) is 0 Å². The summed E-state index contributed by atoms with van der Waals surface area (Å²) in [5.41, 5.74) is 2.30. The minimum atomic E-state index is -0.610. The molecular formula is C26H33N3O4. The van der Waals surface area contributed by atoms with Crippen LogP contribution in [0.2, 0.25) is 0 Å². The van der Waals surface area contributed by atoms with Crippen LogP contribution in [0.25, 0.3) is 11.1 Å². The van der Waals surface area contributed by atoms with Crippen LogP contribution in [0, 0.1) is 5.92 Å². The van der Waals surface area contributed by atoms with E-state index in [-0.39, 0.29) is 18.4 Å². The molecule has 33 heavy (non-hydrogen) atoms. The summed E-state index contributed by atoms with van der Waals surface area (Å²) in [6, 6.07) is 17.8. The zero-order valence-corrected chi connectivity index (χ0v) is 19.6. The van der Waals surface area contributed by atoms with E-state index in [0.29, 0.717) is 31.1 Å². The highest BCUT2D eigenvalue weighted by Gasteiger charge is 2.24. The second kappa shape index (κ2) is 11.0. The Hall–Kier alpha value is -3.35. The van der Waals surface area contributed by atoms with Crippen LogP contribution in [0.4, 0.5) is 4.79 Å². The first-order valence-electron chi connectivity index (χ1n) is 11.4. The highest BCUT2D eigenvalue weighted by molar-refractivity contribution is 5.94. The van der Waals surface area contributed by atoms with Gasteiger partial charge >= 0.3 is 6.09 Å². The molecule has 2 N–H and O–H groups in total. The van der Waals surface area contributed by atoms with E-state index in [1.807, 2.05) is 59.5 Å². The van der Waals surface area contributed by atoms with Crippen molar-refractivity contribution in [2.45, 2.75) is 39.2 Å². The number of carbonyl (C=O) groups excluding carboxylic acids is 3. The van der Waals surface area contributed by atoms with Gasteiger partial charge in [0, 0.05) is 25.2 Å². The lowest BCUT2D eigenvalue weighted by molar-refractivity contribution is -0.120.